The van der Waals surface area contributed by atoms with Gasteiger partial charge < -0.3 is 5.32 Å². The molecule has 96 valence electrons. The van der Waals surface area contributed by atoms with Crippen LogP contribution in [0.2, 0.25) is 0 Å². The molecule has 0 saturated carbocycles. The summed E-state index contributed by atoms with van der Waals surface area (Å²) in [6.45, 7) is 7.68. The van der Waals surface area contributed by atoms with Crippen molar-refractivity contribution >= 4 is 0 Å². The van der Waals surface area contributed by atoms with Crippen LogP contribution < -0.4 is 5.32 Å². The predicted molar refractivity (Wildman–Crippen MR) is 68.5 cm³/mol. The van der Waals surface area contributed by atoms with Gasteiger partial charge in [-0.1, -0.05) is 0 Å². The van der Waals surface area contributed by atoms with Crippen LogP contribution in [-0.2, 0) is 6.54 Å². The molecule has 0 atom stereocenters. The number of nitriles is 1. The van der Waals surface area contributed by atoms with Crippen molar-refractivity contribution < 1.29 is 4.39 Å². The first kappa shape index (κ1) is 13.0. The quantitative estimate of drug-likeness (QED) is 0.867. The average molecular weight is 247 g/mol. The van der Waals surface area contributed by atoms with Crippen molar-refractivity contribution in [2.75, 3.05) is 19.6 Å². The molecule has 4 heteroatoms. The van der Waals surface area contributed by atoms with Crippen molar-refractivity contribution in [3.63, 3.8) is 0 Å². The highest BCUT2D eigenvalue weighted by Crippen LogP contribution is 2.21. The summed E-state index contributed by atoms with van der Waals surface area (Å²) in [6, 6.07) is 6.49. The number of nitrogens with one attached hydrogen (secondary N) is 1. The minimum Gasteiger partial charge on any atom is -0.314 e. The van der Waals surface area contributed by atoms with Crippen molar-refractivity contribution in [1.82, 2.24) is 10.2 Å². The molecule has 1 heterocycles. The van der Waals surface area contributed by atoms with Crippen LogP contribution in [-0.4, -0.2) is 30.1 Å². The molecule has 1 saturated heterocycles. The standard InChI is InChI=1S/C14H18FN3/c1-14(2)10-17-5-6-18(14)9-12-7-13(15)4-3-11(12)8-16/h3-4,7,17H,5-6,9-10H2,1-2H3. The van der Waals surface area contributed by atoms with Crippen molar-refractivity contribution in [1.29, 1.82) is 5.26 Å². The van der Waals surface area contributed by atoms with Crippen molar-refractivity contribution in [2.24, 2.45) is 0 Å². The van der Waals surface area contributed by atoms with Crippen molar-refractivity contribution in [3.8, 4) is 6.07 Å². The van der Waals surface area contributed by atoms with E-state index < -0.39 is 0 Å². The van der Waals surface area contributed by atoms with Crippen LogP contribution >= 0.6 is 0 Å². The Morgan fingerprint density at radius 2 is 2.28 bits per heavy atom. The lowest BCUT2D eigenvalue weighted by Gasteiger charge is -2.43. The molecular weight excluding hydrogens is 229 g/mol. The zero-order chi connectivity index (χ0) is 13.2. The van der Waals surface area contributed by atoms with Gasteiger partial charge in [0.25, 0.3) is 0 Å². The Morgan fingerprint density at radius 3 is 2.94 bits per heavy atom. The van der Waals surface area contributed by atoms with Crippen LogP contribution in [0, 0.1) is 17.1 Å². The molecule has 1 aliphatic heterocycles. The first-order valence-corrected chi connectivity index (χ1v) is 6.17. The van der Waals surface area contributed by atoms with Crippen LogP contribution in [0.4, 0.5) is 4.39 Å². The van der Waals surface area contributed by atoms with Gasteiger partial charge in [0.05, 0.1) is 11.6 Å². The molecule has 1 aromatic carbocycles. The van der Waals surface area contributed by atoms with E-state index in [0.29, 0.717) is 12.1 Å². The minimum absolute atomic E-state index is 0.0251. The fourth-order valence-electron chi connectivity index (χ4n) is 2.32. The Hall–Kier alpha value is -1.44. The Balaban J connectivity index is 2.23. The molecule has 3 nitrogen and oxygen atoms in total. The number of hydrogen-bond acceptors (Lipinski definition) is 3. The summed E-state index contributed by atoms with van der Waals surface area (Å²) in [7, 11) is 0. The second-order valence-electron chi connectivity index (χ2n) is 5.32. The average Bonchev–Trinajstić information content (AvgIpc) is 2.32. The van der Waals surface area contributed by atoms with E-state index in [0.717, 1.165) is 25.2 Å². The summed E-state index contributed by atoms with van der Waals surface area (Å²) in [5.74, 6) is -0.281. The minimum atomic E-state index is -0.281. The molecule has 1 fully saturated rings. The van der Waals surface area contributed by atoms with E-state index in [4.69, 9.17) is 5.26 Å². The SMILES string of the molecule is CC1(C)CNCCN1Cc1cc(F)ccc1C#N. The predicted octanol–water partition coefficient (Wildman–Crippen LogP) is 1.88. The smallest absolute Gasteiger partial charge is 0.123 e. The maximum Gasteiger partial charge on any atom is 0.123 e. The van der Waals surface area contributed by atoms with Gasteiger partial charge >= 0.3 is 0 Å². The van der Waals surface area contributed by atoms with Crippen LogP contribution in [0.5, 0.6) is 0 Å². The van der Waals surface area contributed by atoms with E-state index in [-0.39, 0.29) is 11.4 Å². The van der Waals surface area contributed by atoms with Gasteiger partial charge in [-0.15, -0.1) is 0 Å². The highest BCUT2D eigenvalue weighted by atomic mass is 19.1. The zero-order valence-electron chi connectivity index (χ0n) is 10.8. The summed E-state index contributed by atoms with van der Waals surface area (Å²) in [4.78, 5) is 2.29. The summed E-state index contributed by atoms with van der Waals surface area (Å²) in [6.07, 6.45) is 0. The van der Waals surface area contributed by atoms with E-state index in [9.17, 15) is 4.39 Å². The first-order valence-electron chi connectivity index (χ1n) is 6.17. The van der Waals surface area contributed by atoms with Gasteiger partial charge in [0.15, 0.2) is 0 Å². The molecule has 0 aliphatic carbocycles. The van der Waals surface area contributed by atoms with Gasteiger partial charge in [0.2, 0.25) is 0 Å². The molecule has 0 aromatic heterocycles. The fraction of sp³-hybridized carbons (Fsp3) is 0.500. The van der Waals surface area contributed by atoms with Crippen molar-refractivity contribution in [2.45, 2.75) is 25.9 Å². The molecule has 0 bridgehead atoms. The lowest BCUT2D eigenvalue weighted by Crippen LogP contribution is -2.57. The highest BCUT2D eigenvalue weighted by Gasteiger charge is 2.29. The normalized spacial score (nSPS) is 19.4. The maximum absolute atomic E-state index is 13.3. The van der Waals surface area contributed by atoms with E-state index in [2.05, 4.69) is 30.1 Å². The van der Waals surface area contributed by atoms with Crippen LogP contribution in [0.15, 0.2) is 18.2 Å². The molecule has 1 aliphatic rings. The molecule has 0 radical (unpaired) electrons. The van der Waals surface area contributed by atoms with Crippen LogP contribution in [0.3, 0.4) is 0 Å². The zero-order valence-corrected chi connectivity index (χ0v) is 10.8. The topological polar surface area (TPSA) is 39.1 Å². The third-order valence-electron chi connectivity index (χ3n) is 3.52. The molecule has 18 heavy (non-hydrogen) atoms. The highest BCUT2D eigenvalue weighted by molar-refractivity contribution is 5.37. The summed E-state index contributed by atoms with van der Waals surface area (Å²) < 4.78 is 13.3. The number of nitrogens with zero attached hydrogens (tertiary/aromatic N) is 2. The van der Waals surface area contributed by atoms with Gasteiger partial charge in [-0.05, 0) is 37.6 Å². The largest absolute Gasteiger partial charge is 0.314 e. The van der Waals surface area contributed by atoms with Gasteiger partial charge in [-0.25, -0.2) is 4.39 Å². The second-order valence-corrected chi connectivity index (χ2v) is 5.32. The van der Waals surface area contributed by atoms with E-state index >= 15 is 0 Å². The Kier molecular flexibility index (Phi) is 3.65. The summed E-state index contributed by atoms with van der Waals surface area (Å²) >= 11 is 0. The van der Waals surface area contributed by atoms with Gasteiger partial charge in [-0.2, -0.15) is 5.26 Å². The summed E-state index contributed by atoms with van der Waals surface area (Å²) in [5.41, 5.74) is 1.36. The number of hydrogen-bond donors (Lipinski definition) is 1. The molecule has 0 unspecified atom stereocenters. The number of halogens is 1. The Labute approximate surface area is 107 Å². The molecule has 0 spiro atoms. The van der Waals surface area contributed by atoms with Gasteiger partial charge in [0.1, 0.15) is 5.82 Å². The van der Waals surface area contributed by atoms with Crippen molar-refractivity contribution in [3.05, 3.63) is 35.1 Å². The number of piperazine rings is 1. The maximum atomic E-state index is 13.3. The van der Waals surface area contributed by atoms with Gasteiger partial charge in [0, 0.05) is 31.7 Å². The molecular formula is C14H18FN3. The summed E-state index contributed by atoms with van der Waals surface area (Å²) in [5, 5.41) is 12.4. The van der Waals surface area contributed by atoms with E-state index in [1.165, 1.54) is 12.1 Å². The molecule has 2 rings (SSSR count). The second kappa shape index (κ2) is 5.05. The monoisotopic (exact) mass is 247 g/mol. The Morgan fingerprint density at radius 1 is 1.50 bits per heavy atom. The third-order valence-corrected chi connectivity index (χ3v) is 3.52. The van der Waals surface area contributed by atoms with E-state index in [1.54, 1.807) is 6.07 Å². The molecule has 1 N–H and O–H groups in total. The third kappa shape index (κ3) is 2.69. The molecule has 0 amide bonds. The lowest BCUT2D eigenvalue weighted by molar-refractivity contribution is 0.0826. The van der Waals surface area contributed by atoms with Crippen LogP contribution in [0.1, 0.15) is 25.0 Å². The van der Waals surface area contributed by atoms with Crippen LogP contribution in [0.25, 0.3) is 0 Å². The lowest BCUT2D eigenvalue weighted by atomic mass is 9.98. The van der Waals surface area contributed by atoms with Gasteiger partial charge in [-0.3, -0.25) is 4.90 Å². The number of rotatable bonds is 2. The fourth-order valence-corrected chi connectivity index (χ4v) is 2.32. The Bertz CT molecular complexity index is 476. The number of benzene rings is 1. The van der Waals surface area contributed by atoms with E-state index in [1.807, 2.05) is 0 Å². The molecule has 1 aromatic rings. The first-order chi connectivity index (χ1) is 8.53.